The van der Waals surface area contributed by atoms with Crippen LogP contribution in [0.25, 0.3) is 0 Å². The lowest BCUT2D eigenvalue weighted by molar-refractivity contribution is -0.137. The van der Waals surface area contributed by atoms with Crippen molar-refractivity contribution in [2.75, 3.05) is 44.4 Å². The zero-order valence-corrected chi connectivity index (χ0v) is 13.9. The molecule has 1 unspecified atom stereocenters. The summed E-state index contributed by atoms with van der Waals surface area (Å²) in [6.45, 7) is 3.32. The largest absolute Gasteiger partial charge is 0.379 e. The van der Waals surface area contributed by atoms with Gasteiger partial charge in [0.25, 0.3) is 0 Å². The van der Waals surface area contributed by atoms with E-state index in [-0.39, 0.29) is 29.5 Å². The molecule has 2 heterocycles. The van der Waals surface area contributed by atoms with Gasteiger partial charge in [0.15, 0.2) is 9.84 Å². The monoisotopic (exact) mass is 330 g/mol. The van der Waals surface area contributed by atoms with Gasteiger partial charge in [0.05, 0.1) is 31.3 Å². The van der Waals surface area contributed by atoms with Crippen LogP contribution < -0.4 is 0 Å². The first-order chi connectivity index (χ1) is 10.6. The molecule has 7 heteroatoms. The highest BCUT2D eigenvalue weighted by Gasteiger charge is 2.39. The van der Waals surface area contributed by atoms with E-state index in [4.69, 9.17) is 4.74 Å². The lowest BCUT2D eigenvalue weighted by Crippen LogP contribution is -2.52. The fourth-order valence-corrected chi connectivity index (χ4v) is 5.63. The fraction of sp³-hybridized carbons (Fsp3) is 0.933. The number of sulfone groups is 1. The van der Waals surface area contributed by atoms with E-state index in [2.05, 4.69) is 4.90 Å². The van der Waals surface area contributed by atoms with E-state index in [0.29, 0.717) is 26.2 Å². The van der Waals surface area contributed by atoms with Gasteiger partial charge in [-0.05, 0) is 19.3 Å². The fourth-order valence-electron chi connectivity index (χ4n) is 3.91. The zero-order chi connectivity index (χ0) is 15.6. The second-order valence-electron chi connectivity index (χ2n) is 6.68. The average Bonchev–Trinajstić information content (AvgIpc) is 3.11. The molecule has 0 N–H and O–H groups in total. The summed E-state index contributed by atoms with van der Waals surface area (Å²) in [6, 6.07) is 0.133. The van der Waals surface area contributed by atoms with Crippen molar-refractivity contribution in [3.63, 3.8) is 0 Å². The molecule has 1 atom stereocenters. The van der Waals surface area contributed by atoms with Crippen molar-refractivity contribution in [2.45, 2.75) is 44.2 Å². The molecule has 0 aromatic rings. The Bertz CT molecular complexity index is 496. The number of ether oxygens (including phenoxy) is 1. The molecule has 3 fully saturated rings. The van der Waals surface area contributed by atoms with E-state index in [9.17, 15) is 13.2 Å². The highest BCUT2D eigenvalue weighted by atomic mass is 32.2. The van der Waals surface area contributed by atoms with E-state index in [1.165, 1.54) is 0 Å². The van der Waals surface area contributed by atoms with E-state index in [0.717, 1.165) is 38.8 Å². The van der Waals surface area contributed by atoms with Crippen molar-refractivity contribution < 1.29 is 17.9 Å². The smallest absolute Gasteiger partial charge is 0.237 e. The molecule has 0 bridgehead atoms. The Morgan fingerprint density at radius 3 is 2.36 bits per heavy atom. The van der Waals surface area contributed by atoms with Crippen LogP contribution in [-0.4, -0.2) is 80.6 Å². The molecule has 3 aliphatic rings. The molecule has 2 saturated heterocycles. The van der Waals surface area contributed by atoms with Crippen LogP contribution in [0.15, 0.2) is 0 Å². The van der Waals surface area contributed by atoms with Gasteiger partial charge >= 0.3 is 0 Å². The van der Waals surface area contributed by atoms with Gasteiger partial charge < -0.3 is 9.64 Å². The quantitative estimate of drug-likeness (QED) is 0.740. The SMILES string of the molecule is O=C(CN1CCOCC1)N(C1CCCC1)C1CCS(=O)(=O)C1. The molecule has 0 spiro atoms. The molecule has 0 aromatic heterocycles. The molecule has 6 nitrogen and oxygen atoms in total. The molecule has 1 saturated carbocycles. The van der Waals surface area contributed by atoms with Gasteiger partial charge in [-0.25, -0.2) is 8.42 Å². The van der Waals surface area contributed by atoms with Crippen LogP contribution in [0.3, 0.4) is 0 Å². The third kappa shape index (κ3) is 3.81. The molecular weight excluding hydrogens is 304 g/mol. The van der Waals surface area contributed by atoms with Gasteiger partial charge in [0.2, 0.25) is 5.91 Å². The standard InChI is InChI=1S/C15H26N2O4S/c18-15(11-16-6-8-21-9-7-16)17(13-3-1-2-4-13)14-5-10-22(19,20)12-14/h13-14H,1-12H2. The molecule has 1 amide bonds. The molecule has 3 rings (SSSR count). The highest BCUT2D eigenvalue weighted by Crippen LogP contribution is 2.29. The number of hydrogen-bond donors (Lipinski definition) is 0. The number of carbonyl (C=O) groups is 1. The topological polar surface area (TPSA) is 66.9 Å². The first-order valence-electron chi connectivity index (χ1n) is 8.37. The summed E-state index contributed by atoms with van der Waals surface area (Å²) in [4.78, 5) is 16.9. The first kappa shape index (κ1) is 16.2. The second-order valence-corrected chi connectivity index (χ2v) is 8.91. The minimum absolute atomic E-state index is 0.107. The van der Waals surface area contributed by atoms with Crippen molar-refractivity contribution in [3.05, 3.63) is 0 Å². The summed E-state index contributed by atoms with van der Waals surface area (Å²) >= 11 is 0. The van der Waals surface area contributed by atoms with Crippen LogP contribution in [0.4, 0.5) is 0 Å². The number of carbonyl (C=O) groups excluding carboxylic acids is 1. The zero-order valence-electron chi connectivity index (χ0n) is 13.1. The minimum atomic E-state index is -2.96. The van der Waals surface area contributed by atoms with Gasteiger partial charge in [-0.1, -0.05) is 12.8 Å². The number of hydrogen-bond acceptors (Lipinski definition) is 5. The number of amides is 1. The average molecular weight is 330 g/mol. The maximum Gasteiger partial charge on any atom is 0.237 e. The van der Waals surface area contributed by atoms with Gasteiger partial charge in [-0.15, -0.1) is 0 Å². The first-order valence-corrected chi connectivity index (χ1v) is 10.2. The van der Waals surface area contributed by atoms with Crippen LogP contribution in [0.5, 0.6) is 0 Å². The van der Waals surface area contributed by atoms with Crippen LogP contribution in [0.2, 0.25) is 0 Å². The molecule has 0 aromatic carbocycles. The third-order valence-corrected chi connectivity index (χ3v) is 6.82. The van der Waals surface area contributed by atoms with Crippen LogP contribution in [-0.2, 0) is 19.4 Å². The summed E-state index contributed by atoms with van der Waals surface area (Å²) in [5.74, 6) is 0.486. The van der Waals surface area contributed by atoms with Crippen molar-refractivity contribution >= 4 is 15.7 Å². The Labute approximate surface area is 132 Å². The van der Waals surface area contributed by atoms with Crippen LogP contribution in [0, 0.1) is 0 Å². The van der Waals surface area contributed by atoms with E-state index < -0.39 is 9.84 Å². The predicted molar refractivity (Wildman–Crippen MR) is 83.4 cm³/mol. The number of rotatable bonds is 4. The summed E-state index contributed by atoms with van der Waals surface area (Å²) in [5.41, 5.74) is 0. The molecule has 0 radical (unpaired) electrons. The van der Waals surface area contributed by atoms with Crippen molar-refractivity contribution in [1.29, 1.82) is 0 Å². The van der Waals surface area contributed by atoms with Gasteiger partial charge in [0, 0.05) is 25.2 Å². The predicted octanol–water partition coefficient (Wildman–Crippen LogP) is 0.277. The van der Waals surface area contributed by atoms with Crippen LogP contribution in [0.1, 0.15) is 32.1 Å². The maximum atomic E-state index is 12.8. The van der Waals surface area contributed by atoms with E-state index >= 15 is 0 Å². The molecule has 2 aliphatic heterocycles. The van der Waals surface area contributed by atoms with Gasteiger partial charge in [0.1, 0.15) is 0 Å². The third-order valence-electron chi connectivity index (χ3n) is 5.07. The van der Waals surface area contributed by atoms with Crippen molar-refractivity contribution in [2.24, 2.45) is 0 Å². The molecule has 1 aliphatic carbocycles. The summed E-state index contributed by atoms with van der Waals surface area (Å²) < 4.78 is 28.9. The summed E-state index contributed by atoms with van der Waals surface area (Å²) in [7, 11) is -2.96. The lowest BCUT2D eigenvalue weighted by Gasteiger charge is -2.36. The van der Waals surface area contributed by atoms with Crippen molar-refractivity contribution in [3.8, 4) is 0 Å². The van der Waals surface area contributed by atoms with Gasteiger partial charge in [-0.3, -0.25) is 9.69 Å². The Hall–Kier alpha value is -0.660. The van der Waals surface area contributed by atoms with E-state index in [1.807, 2.05) is 4.90 Å². The number of morpholine rings is 1. The Balaban J connectivity index is 1.68. The minimum Gasteiger partial charge on any atom is -0.379 e. The number of nitrogens with zero attached hydrogens (tertiary/aromatic N) is 2. The Morgan fingerprint density at radius 1 is 1.09 bits per heavy atom. The molecule has 126 valence electrons. The molecule has 22 heavy (non-hydrogen) atoms. The van der Waals surface area contributed by atoms with E-state index in [1.54, 1.807) is 0 Å². The molecular formula is C15H26N2O4S. The maximum absolute atomic E-state index is 12.8. The Kier molecular flexibility index (Phi) is 5.04. The second kappa shape index (κ2) is 6.84. The summed E-state index contributed by atoms with van der Waals surface area (Å²) in [6.07, 6.45) is 4.93. The lowest BCUT2D eigenvalue weighted by atomic mass is 10.1. The van der Waals surface area contributed by atoms with Crippen molar-refractivity contribution in [1.82, 2.24) is 9.80 Å². The normalized spacial score (nSPS) is 29.7. The van der Waals surface area contributed by atoms with Gasteiger partial charge in [-0.2, -0.15) is 0 Å². The Morgan fingerprint density at radius 2 is 1.77 bits per heavy atom. The highest BCUT2D eigenvalue weighted by molar-refractivity contribution is 7.91. The summed E-state index contributed by atoms with van der Waals surface area (Å²) in [5, 5.41) is 0. The van der Waals surface area contributed by atoms with Crippen LogP contribution >= 0.6 is 0 Å².